The quantitative estimate of drug-likeness (QED) is 0.797. The molecule has 2 N–H and O–H groups in total. The Labute approximate surface area is 154 Å². The first-order chi connectivity index (χ1) is 12.6. The van der Waals surface area contributed by atoms with E-state index in [1.165, 1.54) is 5.56 Å². The summed E-state index contributed by atoms with van der Waals surface area (Å²) in [5.74, 6) is -0.446. The minimum Gasteiger partial charge on any atom is -0.478 e. The average molecular weight is 354 g/mol. The maximum Gasteiger partial charge on any atom is 0.339 e. The molecule has 138 valence electrons. The van der Waals surface area contributed by atoms with Gasteiger partial charge in [0.2, 0.25) is 0 Å². The molecule has 1 aliphatic rings. The SMILES string of the molecule is O=C(O)c1cccnc1N1CCC[C@](CO)(CCCc2ccccc2)C1. The first kappa shape index (κ1) is 18.4. The first-order valence-electron chi connectivity index (χ1n) is 9.22. The van der Waals surface area contributed by atoms with Crippen LogP contribution in [-0.4, -0.2) is 40.9 Å². The number of carboxylic acids is 1. The molecule has 0 saturated carbocycles. The monoisotopic (exact) mass is 354 g/mol. The van der Waals surface area contributed by atoms with Crippen LogP contribution in [0.4, 0.5) is 5.82 Å². The Morgan fingerprint density at radius 3 is 2.73 bits per heavy atom. The van der Waals surface area contributed by atoms with Crippen molar-refractivity contribution >= 4 is 11.8 Å². The standard InChI is InChI=1S/C21H26N2O3/c24-16-21(11-4-9-17-7-2-1-3-8-17)12-6-14-23(15-21)19-18(20(25)26)10-5-13-22-19/h1-3,5,7-8,10,13,24H,4,6,9,11-12,14-16H2,(H,25,26)/t21-/m1/s1. The van der Waals surface area contributed by atoms with Gasteiger partial charge in [0.05, 0.1) is 6.61 Å². The van der Waals surface area contributed by atoms with Gasteiger partial charge < -0.3 is 15.1 Å². The van der Waals surface area contributed by atoms with Crippen molar-refractivity contribution in [3.63, 3.8) is 0 Å². The predicted molar refractivity (Wildman–Crippen MR) is 102 cm³/mol. The van der Waals surface area contributed by atoms with E-state index in [0.717, 1.165) is 38.6 Å². The van der Waals surface area contributed by atoms with Crippen LogP contribution in [0.1, 0.15) is 41.6 Å². The lowest BCUT2D eigenvalue weighted by atomic mass is 9.76. The zero-order valence-corrected chi connectivity index (χ0v) is 15.0. The molecule has 0 radical (unpaired) electrons. The third-order valence-electron chi connectivity index (χ3n) is 5.33. The molecule has 0 amide bonds. The third kappa shape index (κ3) is 4.22. The minimum absolute atomic E-state index is 0.119. The van der Waals surface area contributed by atoms with E-state index in [2.05, 4.69) is 17.1 Å². The number of anilines is 1. The molecule has 26 heavy (non-hydrogen) atoms. The number of carboxylic acid groups (broad SMARTS) is 1. The van der Waals surface area contributed by atoms with Crippen LogP contribution in [0.3, 0.4) is 0 Å². The predicted octanol–water partition coefficient (Wildman–Crippen LogP) is 3.38. The summed E-state index contributed by atoms with van der Waals surface area (Å²) in [5, 5.41) is 19.6. The lowest BCUT2D eigenvalue weighted by molar-refractivity contribution is 0.0695. The van der Waals surface area contributed by atoms with E-state index < -0.39 is 5.97 Å². The summed E-state index contributed by atoms with van der Waals surface area (Å²) in [6.45, 7) is 1.54. The van der Waals surface area contributed by atoms with E-state index in [-0.39, 0.29) is 17.6 Å². The molecule has 2 aromatic rings. The number of pyridine rings is 1. The van der Waals surface area contributed by atoms with Crippen LogP contribution in [-0.2, 0) is 6.42 Å². The number of benzene rings is 1. The highest BCUT2D eigenvalue weighted by atomic mass is 16.4. The average Bonchev–Trinajstić information content (AvgIpc) is 2.69. The highest BCUT2D eigenvalue weighted by Crippen LogP contribution is 2.37. The zero-order valence-electron chi connectivity index (χ0n) is 15.0. The van der Waals surface area contributed by atoms with E-state index in [1.54, 1.807) is 18.3 Å². The normalized spacial score (nSPS) is 20.1. The van der Waals surface area contributed by atoms with Crippen LogP contribution in [0.25, 0.3) is 0 Å². The van der Waals surface area contributed by atoms with Gasteiger partial charge in [-0.2, -0.15) is 0 Å². The van der Waals surface area contributed by atoms with E-state index in [9.17, 15) is 15.0 Å². The van der Waals surface area contributed by atoms with Crippen molar-refractivity contribution in [1.82, 2.24) is 4.98 Å². The Morgan fingerprint density at radius 2 is 2.00 bits per heavy atom. The van der Waals surface area contributed by atoms with Crippen LogP contribution in [0.5, 0.6) is 0 Å². The third-order valence-corrected chi connectivity index (χ3v) is 5.33. The summed E-state index contributed by atoms with van der Waals surface area (Å²) in [4.78, 5) is 17.9. The van der Waals surface area contributed by atoms with Crippen molar-refractivity contribution in [3.05, 3.63) is 59.8 Å². The van der Waals surface area contributed by atoms with Gasteiger partial charge in [-0.25, -0.2) is 9.78 Å². The molecule has 5 nitrogen and oxygen atoms in total. The largest absolute Gasteiger partial charge is 0.478 e. The number of aliphatic hydroxyl groups is 1. The molecule has 2 heterocycles. The first-order valence-corrected chi connectivity index (χ1v) is 9.22. The highest BCUT2D eigenvalue weighted by Gasteiger charge is 2.36. The number of nitrogens with zero attached hydrogens (tertiary/aromatic N) is 2. The fourth-order valence-electron chi connectivity index (χ4n) is 3.93. The topological polar surface area (TPSA) is 73.7 Å². The summed E-state index contributed by atoms with van der Waals surface area (Å²) in [5.41, 5.74) is 1.34. The van der Waals surface area contributed by atoms with Crippen LogP contribution in [0, 0.1) is 5.41 Å². The van der Waals surface area contributed by atoms with Gasteiger partial charge >= 0.3 is 5.97 Å². The highest BCUT2D eigenvalue weighted by molar-refractivity contribution is 5.93. The van der Waals surface area contributed by atoms with Crippen LogP contribution >= 0.6 is 0 Å². The Kier molecular flexibility index (Phi) is 5.89. The molecule has 0 spiro atoms. The second-order valence-electron chi connectivity index (χ2n) is 7.20. The number of aliphatic hydroxyl groups excluding tert-OH is 1. The second kappa shape index (κ2) is 8.32. The molecule has 1 atom stereocenters. The summed E-state index contributed by atoms with van der Waals surface area (Å²) >= 11 is 0. The maximum atomic E-state index is 11.5. The lowest BCUT2D eigenvalue weighted by Gasteiger charge is -2.43. The van der Waals surface area contributed by atoms with Gasteiger partial charge in [-0.3, -0.25) is 0 Å². The molecule has 0 aliphatic carbocycles. The molecule has 1 aromatic carbocycles. The fraction of sp³-hybridized carbons (Fsp3) is 0.429. The molecule has 0 unspecified atom stereocenters. The van der Waals surface area contributed by atoms with Crippen molar-refractivity contribution < 1.29 is 15.0 Å². The number of piperidine rings is 1. The zero-order chi connectivity index (χ0) is 18.4. The Balaban J connectivity index is 1.69. The number of aromatic nitrogens is 1. The number of rotatable bonds is 7. The van der Waals surface area contributed by atoms with Gasteiger partial charge in [-0.1, -0.05) is 30.3 Å². The summed E-state index contributed by atoms with van der Waals surface area (Å²) in [7, 11) is 0. The second-order valence-corrected chi connectivity index (χ2v) is 7.20. The van der Waals surface area contributed by atoms with Gasteiger partial charge in [0.15, 0.2) is 0 Å². The van der Waals surface area contributed by atoms with Crippen molar-refractivity contribution in [2.45, 2.75) is 32.1 Å². The van der Waals surface area contributed by atoms with Gasteiger partial charge in [0.1, 0.15) is 11.4 Å². The van der Waals surface area contributed by atoms with Gasteiger partial charge in [-0.15, -0.1) is 0 Å². The van der Waals surface area contributed by atoms with Crippen LogP contribution in [0.2, 0.25) is 0 Å². The minimum atomic E-state index is -0.961. The van der Waals surface area contributed by atoms with Gasteiger partial charge in [0, 0.05) is 24.7 Å². The lowest BCUT2D eigenvalue weighted by Crippen LogP contribution is -2.46. The Bertz CT molecular complexity index is 735. The molecule has 0 bridgehead atoms. The van der Waals surface area contributed by atoms with Crippen LogP contribution < -0.4 is 4.90 Å². The fourth-order valence-corrected chi connectivity index (χ4v) is 3.93. The number of carbonyl (C=O) groups is 1. The van der Waals surface area contributed by atoms with Crippen molar-refractivity contribution in [2.24, 2.45) is 5.41 Å². The molecule has 1 saturated heterocycles. The molecular weight excluding hydrogens is 328 g/mol. The molecular formula is C21H26N2O3. The Morgan fingerprint density at radius 1 is 1.19 bits per heavy atom. The Hall–Kier alpha value is -2.40. The molecule has 5 heteroatoms. The number of aromatic carboxylic acids is 1. The summed E-state index contributed by atoms with van der Waals surface area (Å²) in [6, 6.07) is 13.6. The van der Waals surface area contributed by atoms with E-state index in [0.29, 0.717) is 12.4 Å². The van der Waals surface area contributed by atoms with Crippen molar-refractivity contribution in [1.29, 1.82) is 0 Å². The van der Waals surface area contributed by atoms with E-state index in [4.69, 9.17) is 0 Å². The van der Waals surface area contributed by atoms with E-state index >= 15 is 0 Å². The molecule has 1 aromatic heterocycles. The summed E-state index contributed by atoms with van der Waals surface area (Å²) < 4.78 is 0. The molecule has 1 fully saturated rings. The smallest absolute Gasteiger partial charge is 0.339 e. The van der Waals surface area contributed by atoms with Crippen LogP contribution in [0.15, 0.2) is 48.7 Å². The van der Waals surface area contributed by atoms with Crippen molar-refractivity contribution in [2.75, 3.05) is 24.6 Å². The number of hydrogen-bond donors (Lipinski definition) is 2. The van der Waals surface area contributed by atoms with Crippen molar-refractivity contribution in [3.8, 4) is 0 Å². The maximum absolute atomic E-state index is 11.5. The van der Waals surface area contributed by atoms with Gasteiger partial charge in [-0.05, 0) is 49.8 Å². The molecule has 1 aliphatic heterocycles. The summed E-state index contributed by atoms with van der Waals surface area (Å²) in [6.07, 6.45) is 6.45. The number of hydrogen-bond acceptors (Lipinski definition) is 4. The van der Waals surface area contributed by atoms with E-state index in [1.807, 2.05) is 23.1 Å². The molecule has 3 rings (SSSR count). The number of aryl methyl sites for hydroxylation is 1. The van der Waals surface area contributed by atoms with Gasteiger partial charge in [0.25, 0.3) is 0 Å².